The molecule has 0 aliphatic heterocycles. The average molecular weight is 273 g/mol. The van der Waals surface area contributed by atoms with Gasteiger partial charge < -0.3 is 20.9 Å². The summed E-state index contributed by atoms with van der Waals surface area (Å²) in [6.07, 6.45) is 0. The highest BCUT2D eigenvalue weighted by Gasteiger charge is 2.08. The molecule has 0 saturated heterocycles. The lowest BCUT2D eigenvalue weighted by atomic mass is 9.80. The Labute approximate surface area is 117 Å². The van der Waals surface area contributed by atoms with Gasteiger partial charge in [0.15, 0.2) is 0 Å². The number of nitrogens with two attached hydrogens (primary N) is 1. The maximum atomic E-state index is 10.2. The lowest BCUT2D eigenvalue weighted by Crippen LogP contribution is -2.29. The van der Waals surface area contributed by atoms with Gasteiger partial charge in [-0.05, 0) is 23.2 Å². The summed E-state index contributed by atoms with van der Waals surface area (Å²) in [6.45, 7) is 0.474. The number of carboxylic acids is 1. The van der Waals surface area contributed by atoms with Crippen LogP contribution < -0.4 is 11.2 Å². The minimum Gasteiger partial charge on any atom is -0.478 e. The molecule has 0 radical (unpaired) electrons. The second-order valence-corrected chi connectivity index (χ2v) is 3.99. The number of aromatic carboxylic acids is 1. The second kappa shape index (κ2) is 8.11. The van der Waals surface area contributed by atoms with Gasteiger partial charge in [0.2, 0.25) is 0 Å². The number of rotatable bonds is 3. The van der Waals surface area contributed by atoms with Crippen molar-refractivity contribution in [3.63, 3.8) is 0 Å². The lowest BCUT2D eigenvalue weighted by molar-refractivity contribution is 0.0697. The molecule has 0 unspecified atom stereocenters. The number of hydrogen-bond acceptors (Lipinski definition) is 4. The van der Waals surface area contributed by atoms with Crippen molar-refractivity contribution in [3.05, 3.63) is 65.7 Å². The Balaban J connectivity index is 0.000000204. The Morgan fingerprint density at radius 3 is 1.90 bits per heavy atom. The fourth-order valence-electron chi connectivity index (χ4n) is 1.41. The third kappa shape index (κ3) is 5.23. The van der Waals surface area contributed by atoms with Crippen LogP contribution in [0.2, 0.25) is 0 Å². The molecule has 0 atom stereocenters. The summed E-state index contributed by atoms with van der Waals surface area (Å²) < 4.78 is 0. The maximum Gasteiger partial charge on any atom is 0.488 e. The van der Waals surface area contributed by atoms with Gasteiger partial charge in [0, 0.05) is 6.54 Å². The first kappa shape index (κ1) is 15.9. The van der Waals surface area contributed by atoms with Crippen LogP contribution in [-0.2, 0) is 6.54 Å². The highest BCUT2D eigenvalue weighted by atomic mass is 16.4. The van der Waals surface area contributed by atoms with E-state index in [9.17, 15) is 4.79 Å². The zero-order valence-corrected chi connectivity index (χ0v) is 10.8. The minimum atomic E-state index is -1.39. The molecule has 2 rings (SSSR count). The van der Waals surface area contributed by atoms with Crippen LogP contribution in [0.3, 0.4) is 0 Å². The van der Waals surface area contributed by atoms with Crippen molar-refractivity contribution in [2.45, 2.75) is 6.54 Å². The third-order valence-electron chi connectivity index (χ3n) is 2.53. The summed E-state index contributed by atoms with van der Waals surface area (Å²) in [5.41, 5.74) is 7.15. The number of carbonyl (C=O) groups is 1. The monoisotopic (exact) mass is 273 g/mol. The first-order valence-corrected chi connectivity index (χ1v) is 5.98. The predicted molar refractivity (Wildman–Crippen MR) is 77.6 cm³/mol. The van der Waals surface area contributed by atoms with Crippen LogP contribution in [0.25, 0.3) is 0 Å². The van der Waals surface area contributed by atoms with Crippen molar-refractivity contribution in [2.75, 3.05) is 0 Å². The van der Waals surface area contributed by atoms with Gasteiger partial charge in [-0.25, -0.2) is 4.79 Å². The van der Waals surface area contributed by atoms with E-state index in [0.29, 0.717) is 17.6 Å². The van der Waals surface area contributed by atoms with Gasteiger partial charge in [0.1, 0.15) is 0 Å². The van der Waals surface area contributed by atoms with E-state index in [2.05, 4.69) is 0 Å². The fourth-order valence-corrected chi connectivity index (χ4v) is 1.41. The van der Waals surface area contributed by atoms with E-state index in [1.807, 2.05) is 0 Å². The fraction of sp³-hybridized carbons (Fsp3) is 0.0714. The van der Waals surface area contributed by atoms with Crippen molar-refractivity contribution in [1.82, 2.24) is 0 Å². The van der Waals surface area contributed by atoms with E-state index in [0.717, 1.165) is 5.56 Å². The smallest absolute Gasteiger partial charge is 0.478 e. The Kier molecular flexibility index (Phi) is 6.45. The molecular weight excluding hydrogens is 257 g/mol. The van der Waals surface area contributed by atoms with E-state index in [1.54, 1.807) is 54.6 Å². The molecule has 20 heavy (non-hydrogen) atoms. The van der Waals surface area contributed by atoms with E-state index < -0.39 is 13.1 Å². The Morgan fingerprint density at radius 1 is 1.00 bits per heavy atom. The van der Waals surface area contributed by atoms with Crippen molar-refractivity contribution in [3.8, 4) is 0 Å². The highest BCUT2D eigenvalue weighted by molar-refractivity contribution is 6.58. The summed E-state index contributed by atoms with van der Waals surface area (Å²) in [7, 11) is -1.39. The first-order chi connectivity index (χ1) is 9.54. The molecule has 0 fully saturated rings. The van der Waals surface area contributed by atoms with E-state index in [-0.39, 0.29) is 0 Å². The van der Waals surface area contributed by atoms with Gasteiger partial charge in [-0.3, -0.25) is 0 Å². The Bertz CT molecular complexity index is 529. The van der Waals surface area contributed by atoms with E-state index >= 15 is 0 Å². The number of benzene rings is 2. The summed E-state index contributed by atoms with van der Waals surface area (Å²) in [5, 5.41) is 25.8. The SMILES string of the molecule is NCc1ccc(B(O)O)cc1.O=C(O)c1ccccc1. The molecule has 0 heterocycles. The van der Waals surface area contributed by atoms with Gasteiger partial charge in [0.05, 0.1) is 5.56 Å². The molecule has 0 bridgehead atoms. The van der Waals surface area contributed by atoms with Crippen molar-refractivity contribution < 1.29 is 19.9 Å². The van der Waals surface area contributed by atoms with Crippen molar-refractivity contribution in [2.24, 2.45) is 5.73 Å². The molecule has 0 amide bonds. The summed E-state index contributed by atoms with van der Waals surface area (Å²) in [4.78, 5) is 10.2. The lowest BCUT2D eigenvalue weighted by Gasteiger charge is -1.99. The zero-order valence-electron chi connectivity index (χ0n) is 10.8. The van der Waals surface area contributed by atoms with Crippen LogP contribution in [0.4, 0.5) is 0 Å². The molecule has 0 aromatic heterocycles. The van der Waals surface area contributed by atoms with Crippen LogP contribution in [-0.4, -0.2) is 28.2 Å². The minimum absolute atomic E-state index is 0.331. The van der Waals surface area contributed by atoms with E-state index in [4.69, 9.17) is 20.9 Å². The molecule has 5 nitrogen and oxygen atoms in total. The second-order valence-electron chi connectivity index (χ2n) is 3.99. The van der Waals surface area contributed by atoms with Gasteiger partial charge in [-0.15, -0.1) is 0 Å². The predicted octanol–water partition coefficient (Wildman–Crippen LogP) is 0.210. The molecular formula is C14H16BNO4. The van der Waals surface area contributed by atoms with Crippen molar-refractivity contribution in [1.29, 1.82) is 0 Å². The molecule has 0 saturated carbocycles. The van der Waals surface area contributed by atoms with Gasteiger partial charge in [-0.1, -0.05) is 42.5 Å². The quantitative estimate of drug-likeness (QED) is 0.598. The van der Waals surface area contributed by atoms with Crippen LogP contribution >= 0.6 is 0 Å². The molecule has 2 aromatic rings. The summed E-state index contributed by atoms with van der Waals surface area (Å²) in [5.74, 6) is -0.879. The first-order valence-electron chi connectivity index (χ1n) is 5.98. The third-order valence-corrected chi connectivity index (χ3v) is 2.53. The largest absolute Gasteiger partial charge is 0.488 e. The molecule has 6 heteroatoms. The average Bonchev–Trinajstić information content (AvgIpc) is 2.49. The number of hydrogen-bond donors (Lipinski definition) is 4. The molecule has 104 valence electrons. The van der Waals surface area contributed by atoms with Gasteiger partial charge >= 0.3 is 13.1 Å². The van der Waals surface area contributed by atoms with Crippen molar-refractivity contribution >= 4 is 18.6 Å². The van der Waals surface area contributed by atoms with Crippen LogP contribution in [0.15, 0.2) is 54.6 Å². The standard InChI is InChI=1S/C7H10BNO2.C7H6O2/c9-5-6-1-3-7(4-2-6)8(10)11;8-7(9)6-4-2-1-3-5-6/h1-4,10-11H,5,9H2;1-5H,(H,8,9). The van der Waals surface area contributed by atoms with Crippen LogP contribution in [0, 0.1) is 0 Å². The van der Waals surface area contributed by atoms with Crippen LogP contribution in [0.1, 0.15) is 15.9 Å². The normalized spacial score (nSPS) is 9.35. The van der Waals surface area contributed by atoms with Crippen LogP contribution in [0.5, 0.6) is 0 Å². The Hall–Kier alpha value is -2.15. The molecule has 0 aliphatic rings. The molecule has 2 aromatic carbocycles. The zero-order chi connectivity index (χ0) is 15.0. The van der Waals surface area contributed by atoms with E-state index in [1.165, 1.54) is 0 Å². The maximum absolute atomic E-state index is 10.2. The molecule has 0 spiro atoms. The Morgan fingerprint density at radius 2 is 1.55 bits per heavy atom. The van der Waals surface area contributed by atoms with Gasteiger partial charge in [0.25, 0.3) is 0 Å². The highest BCUT2D eigenvalue weighted by Crippen LogP contribution is 1.96. The molecule has 0 aliphatic carbocycles. The summed E-state index contributed by atoms with van der Waals surface area (Å²) in [6, 6.07) is 15.1. The van der Waals surface area contributed by atoms with Gasteiger partial charge in [-0.2, -0.15) is 0 Å². The summed E-state index contributed by atoms with van der Waals surface area (Å²) >= 11 is 0. The molecule has 5 N–H and O–H groups in total. The number of carboxylic acid groups (broad SMARTS) is 1. The topological polar surface area (TPSA) is 104 Å².